The monoisotopic (exact) mass is 303 g/mol. The van der Waals surface area contributed by atoms with Crippen LogP contribution >= 0.6 is 0 Å². The van der Waals surface area contributed by atoms with Crippen molar-refractivity contribution < 1.29 is 9.59 Å². The first-order valence-electron chi connectivity index (χ1n) is 8.05. The van der Waals surface area contributed by atoms with E-state index in [4.69, 9.17) is 0 Å². The number of rotatable bonds is 7. The van der Waals surface area contributed by atoms with Gasteiger partial charge >= 0.3 is 0 Å². The fourth-order valence-electron chi connectivity index (χ4n) is 2.80. The van der Waals surface area contributed by atoms with E-state index in [0.717, 1.165) is 30.8 Å². The van der Waals surface area contributed by atoms with Crippen molar-refractivity contribution in [2.45, 2.75) is 45.7 Å². The summed E-state index contributed by atoms with van der Waals surface area (Å²) >= 11 is 0. The van der Waals surface area contributed by atoms with Gasteiger partial charge < -0.3 is 15.5 Å². The van der Waals surface area contributed by atoms with Crippen LogP contribution in [0.3, 0.4) is 0 Å². The summed E-state index contributed by atoms with van der Waals surface area (Å²) in [4.78, 5) is 26.0. The minimum Gasteiger partial charge on any atom is -0.331 e. The molecule has 0 aliphatic carbocycles. The van der Waals surface area contributed by atoms with Crippen LogP contribution in [0.5, 0.6) is 0 Å². The van der Waals surface area contributed by atoms with E-state index >= 15 is 0 Å². The lowest BCUT2D eigenvalue weighted by molar-refractivity contribution is -0.135. The lowest BCUT2D eigenvalue weighted by atomic mass is 10.1. The Morgan fingerprint density at radius 3 is 2.82 bits per heavy atom. The fourth-order valence-corrected chi connectivity index (χ4v) is 2.80. The first kappa shape index (κ1) is 16.5. The highest BCUT2D eigenvalue weighted by Crippen LogP contribution is 2.18. The molecule has 1 atom stereocenters. The minimum atomic E-state index is -0.368. The fraction of sp³-hybridized carbons (Fsp3) is 0.529. The Hall–Kier alpha value is -1.88. The molecule has 0 spiro atoms. The highest BCUT2D eigenvalue weighted by molar-refractivity contribution is 5.97. The van der Waals surface area contributed by atoms with Crippen LogP contribution < -0.4 is 10.6 Å². The van der Waals surface area contributed by atoms with E-state index in [1.807, 2.05) is 31.2 Å². The van der Waals surface area contributed by atoms with Crippen LogP contribution in [-0.2, 0) is 16.1 Å². The Bertz CT molecular complexity index is 530. The molecule has 1 unspecified atom stereocenters. The normalized spacial score (nSPS) is 15.9. The number of hydrogen-bond acceptors (Lipinski definition) is 3. The third kappa shape index (κ3) is 4.07. The molecule has 1 aromatic carbocycles. The van der Waals surface area contributed by atoms with Crippen molar-refractivity contribution in [3.8, 4) is 0 Å². The number of carbonyl (C=O) groups excluding carboxylic acids is 2. The second-order valence-corrected chi connectivity index (χ2v) is 5.58. The number of hydrogen-bond donors (Lipinski definition) is 2. The maximum Gasteiger partial charge on any atom is 0.247 e. The number of nitrogens with zero attached hydrogens (tertiary/aromatic N) is 1. The highest BCUT2D eigenvalue weighted by atomic mass is 16.2. The lowest BCUT2D eigenvalue weighted by Gasteiger charge is -2.25. The van der Waals surface area contributed by atoms with E-state index in [0.29, 0.717) is 19.4 Å². The topological polar surface area (TPSA) is 61.4 Å². The molecule has 1 aliphatic heterocycles. The summed E-state index contributed by atoms with van der Waals surface area (Å²) in [5.41, 5.74) is 1.91. The minimum absolute atomic E-state index is 0.0860. The molecule has 0 radical (unpaired) electrons. The Balaban J connectivity index is 2.02. The Morgan fingerprint density at radius 1 is 1.36 bits per heavy atom. The van der Waals surface area contributed by atoms with Gasteiger partial charge in [-0.05, 0) is 37.1 Å². The Kier molecular flexibility index (Phi) is 5.95. The number of carbonyl (C=O) groups is 2. The molecule has 1 aliphatic rings. The van der Waals surface area contributed by atoms with E-state index in [1.54, 1.807) is 4.90 Å². The summed E-state index contributed by atoms with van der Waals surface area (Å²) < 4.78 is 0. The second-order valence-electron chi connectivity index (χ2n) is 5.58. The third-order valence-corrected chi connectivity index (χ3v) is 3.95. The summed E-state index contributed by atoms with van der Waals surface area (Å²) in [7, 11) is 0. The molecule has 0 bridgehead atoms. The first-order valence-corrected chi connectivity index (χ1v) is 8.05. The van der Waals surface area contributed by atoms with Crippen LogP contribution in [0.4, 0.5) is 5.69 Å². The summed E-state index contributed by atoms with van der Waals surface area (Å²) in [6, 6.07) is 7.45. The zero-order chi connectivity index (χ0) is 15.9. The van der Waals surface area contributed by atoms with E-state index in [9.17, 15) is 9.59 Å². The van der Waals surface area contributed by atoms with Crippen molar-refractivity contribution in [1.29, 1.82) is 0 Å². The SMILES string of the molecule is CCNCc1cccc(NC(=O)C(CC)N2CCCC2=O)c1. The maximum atomic E-state index is 12.5. The standard InChI is InChI=1S/C17H25N3O2/c1-3-15(20-10-6-9-16(20)21)17(22)19-14-8-5-7-13(11-14)12-18-4-2/h5,7-8,11,15,18H,3-4,6,9-10,12H2,1-2H3,(H,19,22). The predicted molar refractivity (Wildman–Crippen MR) is 87.5 cm³/mol. The van der Waals surface area contributed by atoms with E-state index in [2.05, 4.69) is 17.6 Å². The van der Waals surface area contributed by atoms with Crippen LogP contribution in [-0.4, -0.2) is 35.8 Å². The number of likely N-dealkylation sites (tertiary alicyclic amines) is 1. The molecular weight excluding hydrogens is 278 g/mol. The van der Waals surface area contributed by atoms with E-state index in [-0.39, 0.29) is 17.9 Å². The zero-order valence-corrected chi connectivity index (χ0v) is 13.4. The van der Waals surface area contributed by atoms with Crippen molar-refractivity contribution >= 4 is 17.5 Å². The van der Waals surface area contributed by atoms with Crippen molar-refractivity contribution in [2.75, 3.05) is 18.4 Å². The number of anilines is 1. The van der Waals surface area contributed by atoms with Crippen LogP contribution in [0.2, 0.25) is 0 Å². The van der Waals surface area contributed by atoms with Gasteiger partial charge in [0.2, 0.25) is 11.8 Å². The summed E-state index contributed by atoms with van der Waals surface area (Å²) in [5.74, 6) is -0.0127. The van der Waals surface area contributed by atoms with Crippen LogP contribution in [0.15, 0.2) is 24.3 Å². The molecule has 1 saturated heterocycles. The predicted octanol–water partition coefficient (Wildman–Crippen LogP) is 2.14. The molecule has 5 heteroatoms. The zero-order valence-electron chi connectivity index (χ0n) is 13.4. The molecule has 0 aromatic heterocycles. The Morgan fingerprint density at radius 2 is 2.18 bits per heavy atom. The van der Waals surface area contributed by atoms with Crippen molar-refractivity contribution in [2.24, 2.45) is 0 Å². The van der Waals surface area contributed by atoms with Crippen molar-refractivity contribution in [3.05, 3.63) is 29.8 Å². The number of benzene rings is 1. The lowest BCUT2D eigenvalue weighted by Crippen LogP contribution is -2.44. The average Bonchev–Trinajstić information content (AvgIpc) is 2.92. The molecule has 2 N–H and O–H groups in total. The average molecular weight is 303 g/mol. The second kappa shape index (κ2) is 7.94. The van der Waals surface area contributed by atoms with Gasteiger partial charge in [0.25, 0.3) is 0 Å². The van der Waals surface area contributed by atoms with Gasteiger partial charge in [-0.3, -0.25) is 9.59 Å². The van der Waals surface area contributed by atoms with Crippen LogP contribution in [0.1, 0.15) is 38.7 Å². The van der Waals surface area contributed by atoms with Gasteiger partial charge in [0, 0.05) is 25.2 Å². The number of nitrogens with one attached hydrogen (secondary N) is 2. The van der Waals surface area contributed by atoms with E-state index < -0.39 is 0 Å². The third-order valence-electron chi connectivity index (χ3n) is 3.95. The maximum absolute atomic E-state index is 12.5. The molecule has 120 valence electrons. The quantitative estimate of drug-likeness (QED) is 0.811. The smallest absolute Gasteiger partial charge is 0.247 e. The molecule has 1 fully saturated rings. The van der Waals surface area contributed by atoms with Crippen molar-refractivity contribution in [3.63, 3.8) is 0 Å². The van der Waals surface area contributed by atoms with E-state index in [1.165, 1.54) is 0 Å². The molecule has 2 amide bonds. The Labute approximate surface area is 132 Å². The van der Waals surface area contributed by atoms with Gasteiger partial charge in [0.05, 0.1) is 0 Å². The molecule has 5 nitrogen and oxygen atoms in total. The van der Waals surface area contributed by atoms with Gasteiger partial charge in [-0.15, -0.1) is 0 Å². The van der Waals surface area contributed by atoms with Crippen LogP contribution in [0, 0.1) is 0 Å². The largest absolute Gasteiger partial charge is 0.331 e. The van der Waals surface area contributed by atoms with Gasteiger partial charge in [-0.2, -0.15) is 0 Å². The van der Waals surface area contributed by atoms with Gasteiger partial charge in [-0.25, -0.2) is 0 Å². The number of amides is 2. The summed E-state index contributed by atoms with van der Waals surface area (Å²) in [6.45, 7) is 6.38. The molecule has 1 heterocycles. The molecular formula is C17H25N3O2. The summed E-state index contributed by atoms with van der Waals surface area (Å²) in [6.07, 6.45) is 2.04. The molecule has 1 aromatic rings. The molecule has 0 saturated carbocycles. The highest BCUT2D eigenvalue weighted by Gasteiger charge is 2.31. The molecule has 2 rings (SSSR count). The van der Waals surface area contributed by atoms with Gasteiger partial charge in [-0.1, -0.05) is 26.0 Å². The van der Waals surface area contributed by atoms with Crippen LogP contribution in [0.25, 0.3) is 0 Å². The van der Waals surface area contributed by atoms with Gasteiger partial charge in [0.1, 0.15) is 6.04 Å². The molecule has 22 heavy (non-hydrogen) atoms. The first-order chi connectivity index (χ1) is 10.7. The van der Waals surface area contributed by atoms with Crippen molar-refractivity contribution in [1.82, 2.24) is 10.2 Å². The summed E-state index contributed by atoms with van der Waals surface area (Å²) in [5, 5.41) is 6.21. The van der Waals surface area contributed by atoms with Gasteiger partial charge in [0.15, 0.2) is 0 Å².